The van der Waals surface area contributed by atoms with E-state index in [1.54, 1.807) is 11.3 Å². The molecule has 110 valence electrons. The van der Waals surface area contributed by atoms with Crippen LogP contribution in [-0.4, -0.2) is 42.5 Å². The van der Waals surface area contributed by atoms with Gasteiger partial charge in [0.25, 0.3) is 0 Å². The third-order valence-electron chi connectivity index (χ3n) is 3.24. The highest BCUT2D eigenvalue weighted by Crippen LogP contribution is 2.29. The highest BCUT2D eigenvalue weighted by Gasteiger charge is 2.24. The van der Waals surface area contributed by atoms with Crippen LogP contribution in [-0.2, 0) is 4.79 Å². The molecule has 0 spiro atoms. The molecular formula is C12H21Cl2N3OS. The summed E-state index contributed by atoms with van der Waals surface area (Å²) in [6.07, 6.45) is 4.58. The number of carbonyl (C=O) groups excluding carboxylic acids is 1. The lowest BCUT2D eigenvalue weighted by molar-refractivity contribution is -0.132. The van der Waals surface area contributed by atoms with Gasteiger partial charge in [0, 0.05) is 43.5 Å². The molecule has 19 heavy (non-hydrogen) atoms. The molecule has 1 saturated heterocycles. The van der Waals surface area contributed by atoms with E-state index in [-0.39, 0.29) is 30.7 Å². The van der Waals surface area contributed by atoms with Crippen molar-refractivity contribution in [3.63, 3.8) is 0 Å². The zero-order valence-electron chi connectivity index (χ0n) is 11.0. The average molecular weight is 326 g/mol. The van der Waals surface area contributed by atoms with E-state index in [1.807, 2.05) is 23.5 Å². The Labute approximate surface area is 130 Å². The average Bonchev–Trinajstić information content (AvgIpc) is 2.90. The number of carbonyl (C=O) groups is 1. The molecule has 7 heteroatoms. The van der Waals surface area contributed by atoms with Gasteiger partial charge in [0.05, 0.1) is 5.01 Å². The lowest BCUT2D eigenvalue weighted by Crippen LogP contribution is -2.38. The molecule has 1 amide bonds. The summed E-state index contributed by atoms with van der Waals surface area (Å²) in [6.45, 7) is 2.53. The van der Waals surface area contributed by atoms with Crippen LogP contribution in [0.25, 0.3) is 0 Å². The summed E-state index contributed by atoms with van der Waals surface area (Å²) >= 11 is 1.73. The zero-order valence-corrected chi connectivity index (χ0v) is 13.5. The van der Waals surface area contributed by atoms with Crippen molar-refractivity contribution in [1.29, 1.82) is 0 Å². The van der Waals surface area contributed by atoms with Gasteiger partial charge in [-0.3, -0.25) is 4.79 Å². The Morgan fingerprint density at radius 1 is 1.47 bits per heavy atom. The molecule has 0 atom stereocenters. The molecule has 0 aliphatic carbocycles. The van der Waals surface area contributed by atoms with Crippen LogP contribution in [0.5, 0.6) is 0 Å². The lowest BCUT2D eigenvalue weighted by Gasteiger charge is -2.31. The zero-order chi connectivity index (χ0) is 12.1. The maximum Gasteiger partial charge on any atom is 0.223 e. The van der Waals surface area contributed by atoms with Crippen molar-refractivity contribution >= 4 is 42.1 Å². The molecule has 1 aromatic heterocycles. The van der Waals surface area contributed by atoms with E-state index in [9.17, 15) is 4.79 Å². The first-order valence-corrected chi connectivity index (χ1v) is 7.01. The number of nitrogens with zero attached hydrogens (tertiary/aromatic N) is 2. The number of likely N-dealkylation sites (tertiary alicyclic amines) is 1. The van der Waals surface area contributed by atoms with Crippen LogP contribution in [0.4, 0.5) is 0 Å². The van der Waals surface area contributed by atoms with Crippen molar-refractivity contribution in [3.8, 4) is 0 Å². The number of piperidine rings is 1. The predicted octanol–water partition coefficient (Wildman–Crippen LogP) is 2.30. The fourth-order valence-corrected chi connectivity index (χ4v) is 3.01. The van der Waals surface area contributed by atoms with Gasteiger partial charge in [0.1, 0.15) is 0 Å². The van der Waals surface area contributed by atoms with Crippen molar-refractivity contribution in [2.24, 2.45) is 0 Å². The van der Waals surface area contributed by atoms with Crippen molar-refractivity contribution in [2.45, 2.75) is 25.2 Å². The number of amides is 1. The molecule has 1 fully saturated rings. The molecule has 0 saturated carbocycles. The smallest absolute Gasteiger partial charge is 0.223 e. The first-order chi connectivity index (χ1) is 8.31. The van der Waals surface area contributed by atoms with Crippen LogP contribution in [0.1, 0.15) is 30.2 Å². The van der Waals surface area contributed by atoms with Gasteiger partial charge in [0.2, 0.25) is 5.91 Å². The number of hydrogen-bond donors (Lipinski definition) is 1. The molecule has 1 aliphatic heterocycles. The van der Waals surface area contributed by atoms with Crippen molar-refractivity contribution < 1.29 is 4.79 Å². The Kier molecular flexibility index (Phi) is 9.35. The van der Waals surface area contributed by atoms with Crippen molar-refractivity contribution in [2.75, 3.05) is 26.7 Å². The molecule has 0 bridgehead atoms. The minimum absolute atomic E-state index is 0. The molecule has 4 nitrogen and oxygen atoms in total. The lowest BCUT2D eigenvalue weighted by atomic mass is 9.97. The standard InChI is InChI=1S/C12H19N3OS.2ClH/c1-13-5-2-11(16)15-7-3-10(4-8-15)12-14-6-9-17-12;;/h6,9-10,13H,2-5,7-8H2,1H3;2*1H. The monoisotopic (exact) mass is 325 g/mol. The Morgan fingerprint density at radius 3 is 2.68 bits per heavy atom. The fourth-order valence-electron chi connectivity index (χ4n) is 2.20. The van der Waals surface area contributed by atoms with E-state index in [0.29, 0.717) is 12.3 Å². The predicted molar refractivity (Wildman–Crippen MR) is 83.7 cm³/mol. The summed E-state index contributed by atoms with van der Waals surface area (Å²) in [5.74, 6) is 0.834. The Balaban J connectivity index is 0.00000162. The van der Waals surface area contributed by atoms with E-state index in [1.165, 1.54) is 5.01 Å². The maximum absolute atomic E-state index is 11.8. The van der Waals surface area contributed by atoms with Gasteiger partial charge in [-0.1, -0.05) is 0 Å². The first-order valence-electron chi connectivity index (χ1n) is 6.13. The first kappa shape index (κ1) is 18.6. The summed E-state index contributed by atoms with van der Waals surface area (Å²) in [7, 11) is 1.88. The third-order valence-corrected chi connectivity index (χ3v) is 4.18. The van der Waals surface area contributed by atoms with Gasteiger partial charge in [0.15, 0.2) is 0 Å². The normalized spacial score (nSPS) is 15.5. The van der Waals surface area contributed by atoms with E-state index >= 15 is 0 Å². The highest BCUT2D eigenvalue weighted by molar-refractivity contribution is 7.09. The van der Waals surface area contributed by atoms with Gasteiger partial charge in [-0.2, -0.15) is 0 Å². The Hall–Kier alpha value is -0.360. The number of hydrogen-bond acceptors (Lipinski definition) is 4. The second-order valence-electron chi connectivity index (χ2n) is 4.38. The maximum atomic E-state index is 11.8. The SMILES string of the molecule is CNCCC(=O)N1CCC(c2nccs2)CC1.Cl.Cl. The molecule has 2 rings (SSSR count). The number of halogens is 2. The molecule has 0 radical (unpaired) electrons. The highest BCUT2D eigenvalue weighted by atomic mass is 35.5. The minimum atomic E-state index is 0. The molecular weight excluding hydrogens is 305 g/mol. The summed E-state index contributed by atoms with van der Waals surface area (Å²) in [6, 6.07) is 0. The number of nitrogens with one attached hydrogen (secondary N) is 1. The molecule has 1 N–H and O–H groups in total. The van der Waals surface area contributed by atoms with E-state index < -0.39 is 0 Å². The van der Waals surface area contributed by atoms with E-state index in [0.717, 1.165) is 32.5 Å². The van der Waals surface area contributed by atoms with Gasteiger partial charge in [-0.15, -0.1) is 36.2 Å². The fraction of sp³-hybridized carbons (Fsp3) is 0.667. The van der Waals surface area contributed by atoms with Gasteiger partial charge in [-0.05, 0) is 19.9 Å². The van der Waals surface area contributed by atoms with Crippen LogP contribution in [0.2, 0.25) is 0 Å². The number of rotatable bonds is 4. The summed E-state index contributed by atoms with van der Waals surface area (Å²) in [4.78, 5) is 18.2. The van der Waals surface area contributed by atoms with E-state index in [2.05, 4.69) is 10.3 Å². The van der Waals surface area contributed by atoms with Crippen molar-refractivity contribution in [3.05, 3.63) is 16.6 Å². The topological polar surface area (TPSA) is 45.2 Å². The van der Waals surface area contributed by atoms with E-state index in [4.69, 9.17) is 0 Å². The second-order valence-corrected chi connectivity index (χ2v) is 5.31. The second kappa shape index (κ2) is 9.53. The largest absolute Gasteiger partial charge is 0.343 e. The third kappa shape index (κ3) is 5.26. The summed E-state index contributed by atoms with van der Waals surface area (Å²) < 4.78 is 0. The van der Waals surface area contributed by atoms with Crippen LogP contribution in [0.3, 0.4) is 0 Å². The number of thiazole rings is 1. The van der Waals surface area contributed by atoms with Gasteiger partial charge < -0.3 is 10.2 Å². The Bertz CT molecular complexity index is 354. The summed E-state index contributed by atoms with van der Waals surface area (Å²) in [5, 5.41) is 6.27. The Morgan fingerprint density at radius 2 is 2.16 bits per heavy atom. The molecule has 1 aliphatic rings. The molecule has 1 aromatic rings. The van der Waals surface area contributed by atoms with Crippen LogP contribution in [0, 0.1) is 0 Å². The van der Waals surface area contributed by atoms with Gasteiger partial charge >= 0.3 is 0 Å². The van der Waals surface area contributed by atoms with Crippen LogP contribution < -0.4 is 5.32 Å². The molecule has 0 unspecified atom stereocenters. The van der Waals surface area contributed by atoms with Crippen LogP contribution >= 0.6 is 36.2 Å². The van der Waals surface area contributed by atoms with Gasteiger partial charge in [-0.25, -0.2) is 4.98 Å². The van der Waals surface area contributed by atoms with Crippen LogP contribution in [0.15, 0.2) is 11.6 Å². The molecule has 0 aromatic carbocycles. The summed E-state index contributed by atoms with van der Waals surface area (Å²) in [5.41, 5.74) is 0. The quantitative estimate of drug-likeness (QED) is 0.923. The van der Waals surface area contributed by atoms with Crippen molar-refractivity contribution in [1.82, 2.24) is 15.2 Å². The molecule has 2 heterocycles. The minimum Gasteiger partial charge on any atom is -0.343 e. The number of aromatic nitrogens is 1.